The number of phenolic OH excluding ortho intramolecular Hbond substituents is 3. The second-order valence-corrected chi connectivity index (χ2v) is 5.37. The van der Waals surface area contributed by atoms with Crippen LogP contribution in [0.15, 0.2) is 35.4 Å². The fourth-order valence-electron chi connectivity index (χ4n) is 2.00. The van der Waals surface area contributed by atoms with E-state index >= 15 is 0 Å². The SMILES string of the molecule is Cc1cccc(C)c1NC(=S)N/N=C/c1ccc(O)c(O)c1O. The van der Waals surface area contributed by atoms with E-state index in [9.17, 15) is 15.3 Å². The molecule has 6 nitrogen and oxygen atoms in total. The summed E-state index contributed by atoms with van der Waals surface area (Å²) in [6.45, 7) is 3.94. The molecular weight excluding hydrogens is 314 g/mol. The highest BCUT2D eigenvalue weighted by Gasteiger charge is 2.09. The maximum Gasteiger partial charge on any atom is 0.200 e. The Bertz CT molecular complexity index is 755. The van der Waals surface area contributed by atoms with E-state index < -0.39 is 17.2 Å². The molecule has 2 aromatic rings. The number of hydrogen-bond acceptors (Lipinski definition) is 5. The first-order chi connectivity index (χ1) is 10.9. The number of hydrogen-bond donors (Lipinski definition) is 5. The van der Waals surface area contributed by atoms with E-state index in [1.54, 1.807) is 0 Å². The van der Waals surface area contributed by atoms with Gasteiger partial charge in [-0.25, -0.2) is 0 Å². The Balaban J connectivity index is 2.04. The molecule has 7 heteroatoms. The van der Waals surface area contributed by atoms with Gasteiger partial charge in [-0.3, -0.25) is 5.43 Å². The molecule has 0 aliphatic heterocycles. The van der Waals surface area contributed by atoms with Crippen molar-refractivity contribution in [3.05, 3.63) is 47.0 Å². The average Bonchev–Trinajstić information content (AvgIpc) is 2.51. The van der Waals surface area contributed by atoms with Crippen LogP contribution in [0.2, 0.25) is 0 Å². The van der Waals surface area contributed by atoms with Crippen LogP contribution in [0.4, 0.5) is 5.69 Å². The van der Waals surface area contributed by atoms with Gasteiger partial charge in [0.15, 0.2) is 16.6 Å². The van der Waals surface area contributed by atoms with Gasteiger partial charge in [-0.2, -0.15) is 5.10 Å². The second-order valence-electron chi connectivity index (χ2n) is 4.96. The first-order valence-corrected chi connectivity index (χ1v) is 7.21. The van der Waals surface area contributed by atoms with Gasteiger partial charge in [0.25, 0.3) is 0 Å². The molecular formula is C16H17N3O3S. The summed E-state index contributed by atoms with van der Waals surface area (Å²) in [7, 11) is 0. The van der Waals surface area contributed by atoms with Crippen molar-refractivity contribution in [3.63, 3.8) is 0 Å². The molecule has 0 saturated carbocycles. The lowest BCUT2D eigenvalue weighted by atomic mass is 10.1. The molecule has 0 radical (unpaired) electrons. The molecule has 120 valence electrons. The quantitative estimate of drug-likeness (QED) is 0.257. The Labute approximate surface area is 139 Å². The van der Waals surface area contributed by atoms with Gasteiger partial charge in [0, 0.05) is 11.3 Å². The lowest BCUT2D eigenvalue weighted by molar-refractivity contribution is 0.367. The molecule has 2 aromatic carbocycles. The summed E-state index contributed by atoms with van der Waals surface area (Å²) >= 11 is 5.16. The number of benzene rings is 2. The zero-order valence-corrected chi connectivity index (χ0v) is 13.5. The zero-order chi connectivity index (χ0) is 17.0. The number of aromatic hydroxyl groups is 3. The minimum Gasteiger partial charge on any atom is -0.504 e. The number of para-hydroxylation sites is 1. The van der Waals surface area contributed by atoms with Gasteiger partial charge >= 0.3 is 0 Å². The zero-order valence-electron chi connectivity index (χ0n) is 12.7. The topological polar surface area (TPSA) is 97.1 Å². The molecule has 0 aliphatic carbocycles. The van der Waals surface area contributed by atoms with Crippen molar-refractivity contribution in [1.29, 1.82) is 0 Å². The van der Waals surface area contributed by atoms with Crippen molar-refractivity contribution in [2.45, 2.75) is 13.8 Å². The largest absolute Gasteiger partial charge is 0.504 e. The van der Waals surface area contributed by atoms with Crippen molar-refractivity contribution in [3.8, 4) is 17.2 Å². The number of hydrazone groups is 1. The van der Waals surface area contributed by atoms with Crippen LogP contribution in [0.3, 0.4) is 0 Å². The van der Waals surface area contributed by atoms with Gasteiger partial charge in [0.1, 0.15) is 0 Å². The van der Waals surface area contributed by atoms with E-state index in [2.05, 4.69) is 15.8 Å². The summed E-state index contributed by atoms with van der Waals surface area (Å²) in [5, 5.41) is 35.6. The number of rotatable bonds is 3. The Morgan fingerprint density at radius 1 is 1.04 bits per heavy atom. The molecule has 0 aromatic heterocycles. The number of thiocarbonyl (C=S) groups is 1. The predicted molar refractivity (Wildman–Crippen MR) is 94.3 cm³/mol. The monoisotopic (exact) mass is 331 g/mol. The maximum absolute atomic E-state index is 9.67. The van der Waals surface area contributed by atoms with Crippen molar-refractivity contribution in [2.75, 3.05) is 5.32 Å². The molecule has 0 atom stereocenters. The van der Waals surface area contributed by atoms with Crippen LogP contribution in [0, 0.1) is 13.8 Å². The van der Waals surface area contributed by atoms with E-state index in [4.69, 9.17) is 12.2 Å². The smallest absolute Gasteiger partial charge is 0.200 e. The van der Waals surface area contributed by atoms with Crippen molar-refractivity contribution >= 4 is 29.2 Å². The minimum absolute atomic E-state index is 0.239. The highest BCUT2D eigenvalue weighted by atomic mass is 32.1. The highest BCUT2D eigenvalue weighted by molar-refractivity contribution is 7.80. The predicted octanol–water partition coefficient (Wildman–Crippen LogP) is 2.74. The molecule has 0 unspecified atom stereocenters. The van der Waals surface area contributed by atoms with Crippen LogP contribution in [-0.4, -0.2) is 26.6 Å². The van der Waals surface area contributed by atoms with E-state index in [1.165, 1.54) is 18.3 Å². The summed E-state index contributed by atoms with van der Waals surface area (Å²) in [6.07, 6.45) is 1.28. The van der Waals surface area contributed by atoms with Gasteiger partial charge in [0.05, 0.1) is 6.21 Å². The third-order valence-electron chi connectivity index (χ3n) is 3.25. The van der Waals surface area contributed by atoms with Gasteiger partial charge in [0.2, 0.25) is 5.75 Å². The Morgan fingerprint density at radius 2 is 1.70 bits per heavy atom. The molecule has 0 bridgehead atoms. The van der Waals surface area contributed by atoms with Crippen LogP contribution >= 0.6 is 12.2 Å². The summed E-state index contributed by atoms with van der Waals surface area (Å²) in [4.78, 5) is 0. The fourth-order valence-corrected chi connectivity index (χ4v) is 2.16. The lowest BCUT2D eigenvalue weighted by Gasteiger charge is -2.12. The summed E-state index contributed by atoms with van der Waals surface area (Å²) < 4.78 is 0. The van der Waals surface area contributed by atoms with E-state index in [0.29, 0.717) is 5.11 Å². The van der Waals surface area contributed by atoms with E-state index in [-0.39, 0.29) is 5.56 Å². The molecule has 0 spiro atoms. The number of nitrogens with one attached hydrogen (secondary N) is 2. The van der Waals surface area contributed by atoms with Crippen LogP contribution in [0.1, 0.15) is 16.7 Å². The normalized spacial score (nSPS) is 10.7. The average molecular weight is 331 g/mol. The molecule has 0 fully saturated rings. The fraction of sp³-hybridized carbons (Fsp3) is 0.125. The Hall–Kier alpha value is -2.80. The second kappa shape index (κ2) is 6.97. The Morgan fingerprint density at radius 3 is 2.35 bits per heavy atom. The first kappa shape index (κ1) is 16.6. The van der Waals surface area contributed by atoms with Crippen LogP contribution in [-0.2, 0) is 0 Å². The van der Waals surface area contributed by atoms with Crippen molar-refractivity contribution in [1.82, 2.24) is 5.43 Å². The van der Waals surface area contributed by atoms with Gasteiger partial charge < -0.3 is 20.6 Å². The number of nitrogens with zero attached hydrogens (tertiary/aromatic N) is 1. The lowest BCUT2D eigenvalue weighted by Crippen LogP contribution is -2.24. The highest BCUT2D eigenvalue weighted by Crippen LogP contribution is 2.36. The van der Waals surface area contributed by atoms with Gasteiger partial charge in [-0.15, -0.1) is 0 Å². The number of phenols is 3. The van der Waals surface area contributed by atoms with E-state index in [1.807, 2.05) is 32.0 Å². The van der Waals surface area contributed by atoms with Crippen molar-refractivity contribution < 1.29 is 15.3 Å². The van der Waals surface area contributed by atoms with Crippen LogP contribution in [0.25, 0.3) is 0 Å². The number of aryl methyl sites for hydroxylation is 2. The third kappa shape index (κ3) is 3.89. The molecule has 2 rings (SSSR count). The molecule has 0 heterocycles. The van der Waals surface area contributed by atoms with Gasteiger partial charge in [-0.05, 0) is 49.3 Å². The molecule has 23 heavy (non-hydrogen) atoms. The molecule has 0 amide bonds. The van der Waals surface area contributed by atoms with Crippen LogP contribution in [0.5, 0.6) is 17.2 Å². The van der Waals surface area contributed by atoms with Crippen molar-refractivity contribution in [2.24, 2.45) is 5.10 Å². The standard InChI is InChI=1S/C16H17N3O3S/c1-9-4-3-5-10(2)13(9)18-16(23)19-17-8-11-6-7-12(20)15(22)14(11)21/h3-8,20-22H,1-2H3,(H2,18,19,23)/b17-8+. The van der Waals surface area contributed by atoms with Gasteiger partial charge in [-0.1, -0.05) is 18.2 Å². The Kier molecular flexibility index (Phi) is 5.02. The molecule has 5 N–H and O–H groups in total. The summed E-state index contributed by atoms with van der Waals surface area (Å²) in [5.41, 5.74) is 5.89. The van der Waals surface area contributed by atoms with E-state index in [0.717, 1.165) is 16.8 Å². The van der Waals surface area contributed by atoms with Crippen LogP contribution < -0.4 is 10.7 Å². The number of anilines is 1. The minimum atomic E-state index is -0.592. The molecule has 0 aliphatic rings. The third-order valence-corrected chi connectivity index (χ3v) is 3.44. The maximum atomic E-state index is 9.67. The summed E-state index contributed by atoms with van der Waals surface area (Å²) in [6, 6.07) is 8.57. The molecule has 0 saturated heterocycles. The first-order valence-electron chi connectivity index (χ1n) is 6.80. The summed E-state index contributed by atoms with van der Waals surface area (Å²) in [5.74, 6) is -1.45.